The van der Waals surface area contributed by atoms with E-state index in [2.05, 4.69) is 24.1 Å². The van der Waals surface area contributed by atoms with E-state index >= 15 is 0 Å². The Bertz CT molecular complexity index is 1060. The van der Waals surface area contributed by atoms with E-state index in [9.17, 15) is 14.7 Å². The fourth-order valence-electron chi connectivity index (χ4n) is 4.79. The Labute approximate surface area is 213 Å². The monoisotopic (exact) mass is 497 g/mol. The Hall–Kier alpha value is -2.70. The predicted octanol–water partition coefficient (Wildman–Crippen LogP) is 6.02. The van der Waals surface area contributed by atoms with Crippen molar-refractivity contribution in [2.45, 2.75) is 70.9 Å². The van der Waals surface area contributed by atoms with Gasteiger partial charge in [-0.25, -0.2) is 0 Å². The van der Waals surface area contributed by atoms with Crippen molar-refractivity contribution in [3.63, 3.8) is 0 Å². The molecule has 2 aromatic carbocycles. The molecule has 0 unspecified atom stereocenters. The molecule has 1 aliphatic rings. The van der Waals surface area contributed by atoms with Gasteiger partial charge in [0, 0.05) is 16.1 Å². The van der Waals surface area contributed by atoms with Crippen LogP contribution in [0.15, 0.2) is 53.5 Å². The second-order valence-electron chi connectivity index (χ2n) is 9.34. The molecule has 0 aliphatic carbocycles. The zero-order valence-electron chi connectivity index (χ0n) is 20.9. The predicted molar refractivity (Wildman–Crippen MR) is 143 cm³/mol. The molecule has 2 aromatic rings. The topological polar surface area (TPSA) is 82.0 Å². The van der Waals surface area contributed by atoms with Crippen molar-refractivity contribution >= 4 is 34.9 Å². The molecule has 3 rings (SSSR count). The van der Waals surface area contributed by atoms with Gasteiger partial charge in [0.05, 0.1) is 29.4 Å². The number of carboxylic acid groups (broad SMARTS) is 1. The van der Waals surface area contributed by atoms with Gasteiger partial charge in [-0.15, -0.1) is 0 Å². The lowest BCUT2D eigenvalue weighted by atomic mass is 9.95. The normalized spacial score (nSPS) is 19.5. The number of rotatable bonds is 11. The number of hydrogen-bond acceptors (Lipinski definition) is 4. The van der Waals surface area contributed by atoms with Gasteiger partial charge in [0.15, 0.2) is 0 Å². The molecule has 6 nitrogen and oxygen atoms in total. The molecule has 1 heterocycles. The van der Waals surface area contributed by atoms with E-state index in [1.54, 1.807) is 18.2 Å². The Morgan fingerprint density at radius 1 is 1.20 bits per heavy atom. The minimum Gasteiger partial charge on any atom is -0.481 e. The van der Waals surface area contributed by atoms with Crippen molar-refractivity contribution in [2.75, 3.05) is 18.4 Å². The number of likely N-dealkylation sites (N-methyl/N-ethyl adjacent to an activating group) is 1. The summed E-state index contributed by atoms with van der Waals surface area (Å²) in [7, 11) is 0. The average molecular weight is 498 g/mol. The van der Waals surface area contributed by atoms with Gasteiger partial charge in [0.1, 0.15) is 0 Å². The molecular weight excluding hydrogens is 462 g/mol. The number of unbranched alkanes of at least 4 members (excludes halogenated alkanes) is 1. The zero-order chi connectivity index (χ0) is 25.4. The summed E-state index contributed by atoms with van der Waals surface area (Å²) in [6, 6.07) is 14.6. The Balaban J connectivity index is 2.07. The Kier molecular flexibility index (Phi) is 9.47. The van der Waals surface area contributed by atoms with Gasteiger partial charge in [-0.05, 0) is 57.5 Å². The first-order valence-electron chi connectivity index (χ1n) is 12.5. The molecule has 1 saturated heterocycles. The van der Waals surface area contributed by atoms with E-state index in [-0.39, 0.29) is 18.4 Å². The molecule has 1 amide bonds. The summed E-state index contributed by atoms with van der Waals surface area (Å²) in [5.41, 5.74) is 2.21. The smallest absolute Gasteiger partial charge is 0.305 e. The maximum atomic E-state index is 13.5. The molecule has 1 fully saturated rings. The molecule has 0 spiro atoms. The molecule has 0 bridgehead atoms. The first kappa shape index (κ1) is 26.9. The van der Waals surface area contributed by atoms with E-state index < -0.39 is 11.5 Å². The van der Waals surface area contributed by atoms with Crippen LogP contribution in [0.5, 0.6) is 0 Å². The van der Waals surface area contributed by atoms with Gasteiger partial charge < -0.3 is 10.4 Å². The van der Waals surface area contributed by atoms with Crippen LogP contribution >= 0.6 is 11.6 Å². The van der Waals surface area contributed by atoms with Gasteiger partial charge in [-0.1, -0.05) is 68.6 Å². The molecule has 1 aliphatic heterocycles. The summed E-state index contributed by atoms with van der Waals surface area (Å²) in [5, 5.41) is 13.2. The summed E-state index contributed by atoms with van der Waals surface area (Å²) in [4.78, 5) is 32.3. The van der Waals surface area contributed by atoms with Gasteiger partial charge in [0.25, 0.3) is 0 Å². The minimum atomic E-state index is -0.879. The van der Waals surface area contributed by atoms with Crippen LogP contribution in [-0.2, 0) is 9.59 Å². The van der Waals surface area contributed by atoms with Crippen LogP contribution in [0.3, 0.4) is 0 Å². The number of carboxylic acids is 1. The molecule has 0 saturated carbocycles. The highest BCUT2D eigenvalue weighted by Crippen LogP contribution is 2.32. The van der Waals surface area contributed by atoms with E-state index in [0.29, 0.717) is 28.4 Å². The van der Waals surface area contributed by atoms with Gasteiger partial charge in [-0.2, -0.15) is 0 Å². The number of nitrogens with zero attached hydrogens (tertiary/aromatic N) is 2. The van der Waals surface area contributed by atoms with Crippen molar-refractivity contribution in [3.05, 3.63) is 64.7 Å². The zero-order valence-corrected chi connectivity index (χ0v) is 21.6. The highest BCUT2D eigenvalue weighted by atomic mass is 35.5. The number of hydrogen-bond donors (Lipinski definition) is 2. The fourth-order valence-corrected chi connectivity index (χ4v) is 4.97. The van der Waals surface area contributed by atoms with E-state index in [0.717, 1.165) is 44.3 Å². The second kappa shape index (κ2) is 12.3. The highest BCUT2D eigenvalue weighted by molar-refractivity contribution is 6.31. The number of amides is 1. The molecule has 0 aromatic heterocycles. The van der Waals surface area contributed by atoms with Crippen molar-refractivity contribution in [2.24, 2.45) is 4.99 Å². The summed E-state index contributed by atoms with van der Waals surface area (Å²) >= 11 is 6.42. The van der Waals surface area contributed by atoms with Crippen LogP contribution < -0.4 is 5.32 Å². The third-order valence-electron chi connectivity index (χ3n) is 6.81. The summed E-state index contributed by atoms with van der Waals surface area (Å²) in [5.74, 6) is -0.934. The summed E-state index contributed by atoms with van der Waals surface area (Å²) in [6.45, 7) is 7.85. The van der Waals surface area contributed by atoms with Crippen molar-refractivity contribution in [3.8, 4) is 0 Å². The van der Waals surface area contributed by atoms with Gasteiger partial charge in [0.2, 0.25) is 5.91 Å². The number of halogens is 1. The van der Waals surface area contributed by atoms with Crippen molar-refractivity contribution in [1.29, 1.82) is 0 Å². The quantitative estimate of drug-likeness (QED) is 0.372. The average Bonchev–Trinajstić information content (AvgIpc) is 3.24. The molecule has 2 atom stereocenters. The lowest BCUT2D eigenvalue weighted by Crippen LogP contribution is -2.50. The second-order valence-corrected chi connectivity index (χ2v) is 9.78. The minimum absolute atomic E-state index is 0.0534. The number of carbonyl (C=O) groups is 2. The van der Waals surface area contributed by atoms with E-state index in [1.165, 1.54) is 0 Å². The number of aliphatic carboxylic acids is 1. The molecule has 7 heteroatoms. The van der Waals surface area contributed by atoms with E-state index in [1.807, 2.05) is 37.3 Å². The molecular formula is C28H36ClN3O3. The Morgan fingerprint density at radius 2 is 1.94 bits per heavy atom. The number of anilines is 1. The van der Waals surface area contributed by atoms with Gasteiger partial charge in [-0.3, -0.25) is 19.5 Å². The summed E-state index contributed by atoms with van der Waals surface area (Å²) < 4.78 is 0. The molecule has 35 heavy (non-hydrogen) atoms. The number of nitrogens with one attached hydrogen (secondary N) is 1. The maximum Gasteiger partial charge on any atom is 0.305 e. The van der Waals surface area contributed by atoms with Crippen LogP contribution in [0.1, 0.15) is 70.4 Å². The van der Waals surface area contributed by atoms with Crippen LogP contribution in [0.2, 0.25) is 5.02 Å². The fraction of sp³-hybridized carbons (Fsp3) is 0.464. The van der Waals surface area contributed by atoms with E-state index in [4.69, 9.17) is 16.6 Å². The van der Waals surface area contributed by atoms with Crippen LogP contribution in [0.25, 0.3) is 0 Å². The van der Waals surface area contributed by atoms with Crippen LogP contribution in [-0.4, -0.2) is 52.3 Å². The Morgan fingerprint density at radius 3 is 2.60 bits per heavy atom. The lowest BCUT2D eigenvalue weighted by Gasteiger charge is -2.33. The highest BCUT2D eigenvalue weighted by Gasteiger charge is 2.42. The molecule has 2 N–H and O–H groups in total. The first-order chi connectivity index (χ1) is 16.8. The third kappa shape index (κ3) is 6.71. The molecule has 0 radical (unpaired) electrons. The van der Waals surface area contributed by atoms with Crippen molar-refractivity contribution in [1.82, 2.24) is 4.90 Å². The number of carbonyl (C=O) groups excluding carboxylic acids is 1. The molecule has 188 valence electrons. The SMILES string of the molecule is CCCC[C@H](CC(=O)O)N=C(c1ccccc1)c1cc(Cl)ccc1NC(=O)[C@@]1(C)CCCN1CC. The number of likely N-dealkylation sites (tertiary alicyclic amines) is 1. The lowest BCUT2D eigenvalue weighted by molar-refractivity contribution is -0.137. The number of benzene rings is 2. The van der Waals surface area contributed by atoms with Crippen LogP contribution in [0, 0.1) is 0 Å². The third-order valence-corrected chi connectivity index (χ3v) is 7.04. The summed E-state index contributed by atoms with van der Waals surface area (Å²) in [6.07, 6.45) is 4.24. The first-order valence-corrected chi connectivity index (χ1v) is 12.9. The largest absolute Gasteiger partial charge is 0.481 e. The van der Waals surface area contributed by atoms with Crippen LogP contribution in [0.4, 0.5) is 5.69 Å². The van der Waals surface area contributed by atoms with Gasteiger partial charge >= 0.3 is 5.97 Å². The number of aliphatic imine (C=N–C) groups is 1. The maximum absolute atomic E-state index is 13.5. The van der Waals surface area contributed by atoms with Crippen molar-refractivity contribution < 1.29 is 14.7 Å². The standard InChI is InChI=1S/C28H36ClN3O3/c1-4-6-13-22(19-25(33)34)30-26(20-11-8-7-9-12-20)23-18-21(29)14-15-24(23)31-27(35)28(3)16-10-17-32(28)5-2/h7-9,11-12,14-15,18,22H,4-6,10,13,16-17,19H2,1-3H3,(H,31,35)(H,33,34)/t22-,28-/m1/s1.